The normalized spacial score (nSPS) is 11.6. The van der Waals surface area contributed by atoms with E-state index < -0.39 is 0 Å². The fourth-order valence-corrected chi connectivity index (χ4v) is 1.55. The zero-order valence-corrected chi connectivity index (χ0v) is 10.0. The molecule has 0 aliphatic heterocycles. The summed E-state index contributed by atoms with van der Waals surface area (Å²) in [5.41, 5.74) is 3.28. The number of benzene rings is 1. The molecule has 0 aliphatic rings. The molecule has 0 saturated heterocycles. The molecule has 0 bridgehead atoms. The first-order valence-corrected chi connectivity index (χ1v) is 5.36. The third-order valence-corrected chi connectivity index (χ3v) is 2.34. The van der Waals surface area contributed by atoms with E-state index in [1.807, 2.05) is 12.1 Å². The second-order valence-electron chi connectivity index (χ2n) is 3.72. The van der Waals surface area contributed by atoms with Gasteiger partial charge in [-0.1, -0.05) is 25.5 Å². The summed E-state index contributed by atoms with van der Waals surface area (Å²) < 4.78 is 5.30. The number of ether oxygens (including phenoxy) is 1. The minimum Gasteiger partial charge on any atom is -0.494 e. The lowest BCUT2D eigenvalue weighted by Gasteiger charge is -2.08. The maximum Gasteiger partial charge on any atom is 0.144 e. The van der Waals surface area contributed by atoms with E-state index in [1.54, 1.807) is 7.11 Å². The first-order chi connectivity index (χ1) is 7.19. The number of nitrogens with zero attached hydrogens (tertiary/aromatic N) is 1. The smallest absolute Gasteiger partial charge is 0.144 e. The van der Waals surface area contributed by atoms with Crippen molar-refractivity contribution in [3.05, 3.63) is 23.8 Å². The van der Waals surface area contributed by atoms with Gasteiger partial charge in [-0.3, -0.25) is 4.99 Å². The highest BCUT2D eigenvalue weighted by Crippen LogP contribution is 2.31. The van der Waals surface area contributed by atoms with Gasteiger partial charge in [-0.25, -0.2) is 0 Å². The Labute approximate surface area is 92.0 Å². The Morgan fingerprint density at radius 1 is 1.40 bits per heavy atom. The van der Waals surface area contributed by atoms with Gasteiger partial charge >= 0.3 is 0 Å². The van der Waals surface area contributed by atoms with E-state index in [2.05, 4.69) is 31.8 Å². The van der Waals surface area contributed by atoms with E-state index in [0.29, 0.717) is 0 Å². The van der Waals surface area contributed by atoms with Gasteiger partial charge in [0.25, 0.3) is 0 Å². The SMILES string of the molecule is CCCC(C)=Nc1c(C)cccc1OC. The lowest BCUT2D eigenvalue weighted by Crippen LogP contribution is -1.91. The molecule has 0 spiro atoms. The zero-order chi connectivity index (χ0) is 11.3. The molecule has 2 nitrogen and oxygen atoms in total. The van der Waals surface area contributed by atoms with Gasteiger partial charge in [-0.05, 0) is 31.9 Å². The van der Waals surface area contributed by atoms with Crippen molar-refractivity contribution in [2.45, 2.75) is 33.6 Å². The number of aryl methyl sites for hydroxylation is 1. The third kappa shape index (κ3) is 3.08. The predicted molar refractivity (Wildman–Crippen MR) is 65.4 cm³/mol. The molecule has 0 heterocycles. The lowest BCUT2D eigenvalue weighted by molar-refractivity contribution is 0.416. The van der Waals surface area contributed by atoms with Crippen LogP contribution in [-0.4, -0.2) is 12.8 Å². The molecule has 0 fully saturated rings. The van der Waals surface area contributed by atoms with Gasteiger partial charge in [0.1, 0.15) is 11.4 Å². The molecule has 0 amide bonds. The minimum absolute atomic E-state index is 0.852. The number of methoxy groups -OCH3 is 1. The van der Waals surface area contributed by atoms with Gasteiger partial charge in [0.15, 0.2) is 0 Å². The Morgan fingerprint density at radius 3 is 2.73 bits per heavy atom. The average molecular weight is 205 g/mol. The molecule has 0 saturated carbocycles. The van der Waals surface area contributed by atoms with E-state index in [9.17, 15) is 0 Å². The van der Waals surface area contributed by atoms with Crippen molar-refractivity contribution in [2.24, 2.45) is 4.99 Å². The van der Waals surface area contributed by atoms with Crippen molar-refractivity contribution in [2.75, 3.05) is 7.11 Å². The summed E-state index contributed by atoms with van der Waals surface area (Å²) in [5, 5.41) is 0. The topological polar surface area (TPSA) is 21.6 Å². The fraction of sp³-hybridized carbons (Fsp3) is 0.462. The number of aliphatic imine (C=N–C) groups is 1. The molecular weight excluding hydrogens is 186 g/mol. The van der Waals surface area contributed by atoms with Gasteiger partial charge in [0, 0.05) is 5.71 Å². The summed E-state index contributed by atoms with van der Waals surface area (Å²) in [4.78, 5) is 4.61. The molecule has 1 aromatic rings. The first kappa shape index (κ1) is 11.8. The quantitative estimate of drug-likeness (QED) is 0.683. The van der Waals surface area contributed by atoms with Crippen LogP contribution in [0.25, 0.3) is 0 Å². The molecule has 0 N–H and O–H groups in total. The van der Waals surface area contributed by atoms with Gasteiger partial charge in [-0.2, -0.15) is 0 Å². The standard InChI is InChI=1S/C13H19NO/c1-5-7-11(3)14-13-10(2)8-6-9-12(13)15-4/h6,8-9H,5,7H2,1-4H3. The Bertz CT molecular complexity index is 356. The Balaban J connectivity index is 3.06. The fourth-order valence-electron chi connectivity index (χ4n) is 1.55. The summed E-state index contributed by atoms with van der Waals surface area (Å²) in [7, 11) is 1.68. The van der Waals surface area contributed by atoms with Crippen LogP contribution in [0.15, 0.2) is 23.2 Å². The van der Waals surface area contributed by atoms with Crippen LogP contribution in [0.1, 0.15) is 32.3 Å². The first-order valence-electron chi connectivity index (χ1n) is 5.36. The van der Waals surface area contributed by atoms with Gasteiger partial charge < -0.3 is 4.74 Å². The largest absolute Gasteiger partial charge is 0.494 e. The van der Waals surface area contributed by atoms with Crippen molar-refractivity contribution in [3.63, 3.8) is 0 Å². The van der Waals surface area contributed by atoms with Gasteiger partial charge in [0.2, 0.25) is 0 Å². The molecule has 1 aromatic carbocycles. The van der Waals surface area contributed by atoms with Crippen LogP contribution in [0, 0.1) is 6.92 Å². The van der Waals surface area contributed by atoms with Crippen LogP contribution >= 0.6 is 0 Å². The Hall–Kier alpha value is -1.31. The molecular formula is C13H19NO. The number of rotatable bonds is 4. The molecule has 15 heavy (non-hydrogen) atoms. The van der Waals surface area contributed by atoms with Crippen LogP contribution in [-0.2, 0) is 0 Å². The summed E-state index contributed by atoms with van der Waals surface area (Å²) in [5.74, 6) is 0.852. The monoisotopic (exact) mass is 205 g/mol. The highest BCUT2D eigenvalue weighted by atomic mass is 16.5. The highest BCUT2D eigenvalue weighted by Gasteiger charge is 2.04. The number of para-hydroxylation sites is 1. The molecule has 0 aromatic heterocycles. The van der Waals surface area contributed by atoms with Crippen LogP contribution in [0.3, 0.4) is 0 Å². The summed E-state index contributed by atoms with van der Waals surface area (Å²) in [6.45, 7) is 6.28. The van der Waals surface area contributed by atoms with Crippen LogP contribution in [0.4, 0.5) is 5.69 Å². The average Bonchev–Trinajstić information content (AvgIpc) is 2.21. The Morgan fingerprint density at radius 2 is 2.13 bits per heavy atom. The minimum atomic E-state index is 0.852. The van der Waals surface area contributed by atoms with Crippen LogP contribution in [0.2, 0.25) is 0 Å². The maximum atomic E-state index is 5.30. The molecule has 82 valence electrons. The predicted octanol–water partition coefficient (Wildman–Crippen LogP) is 3.90. The second-order valence-corrected chi connectivity index (χ2v) is 3.72. The molecule has 2 heteroatoms. The molecule has 0 radical (unpaired) electrons. The molecule has 0 unspecified atom stereocenters. The molecule has 0 atom stereocenters. The zero-order valence-electron chi connectivity index (χ0n) is 10.0. The molecule has 0 aliphatic carbocycles. The van der Waals surface area contributed by atoms with E-state index in [-0.39, 0.29) is 0 Å². The lowest BCUT2D eigenvalue weighted by atomic mass is 10.1. The van der Waals surface area contributed by atoms with Crippen molar-refractivity contribution in [1.29, 1.82) is 0 Å². The summed E-state index contributed by atoms with van der Waals surface area (Å²) in [6, 6.07) is 5.99. The van der Waals surface area contributed by atoms with Crippen LogP contribution < -0.4 is 4.74 Å². The van der Waals surface area contributed by atoms with E-state index in [0.717, 1.165) is 35.6 Å². The van der Waals surface area contributed by atoms with Crippen LogP contribution in [0.5, 0.6) is 5.75 Å². The van der Waals surface area contributed by atoms with Gasteiger partial charge in [0.05, 0.1) is 7.11 Å². The van der Waals surface area contributed by atoms with Crippen molar-refractivity contribution in [1.82, 2.24) is 0 Å². The van der Waals surface area contributed by atoms with Crippen molar-refractivity contribution < 1.29 is 4.74 Å². The summed E-state index contributed by atoms with van der Waals surface area (Å²) in [6.07, 6.45) is 2.17. The second kappa shape index (κ2) is 5.54. The maximum absolute atomic E-state index is 5.30. The van der Waals surface area contributed by atoms with E-state index in [4.69, 9.17) is 4.74 Å². The van der Waals surface area contributed by atoms with E-state index >= 15 is 0 Å². The molecule has 1 rings (SSSR count). The van der Waals surface area contributed by atoms with Gasteiger partial charge in [-0.15, -0.1) is 0 Å². The highest BCUT2D eigenvalue weighted by molar-refractivity contribution is 5.85. The van der Waals surface area contributed by atoms with Crippen molar-refractivity contribution in [3.8, 4) is 5.75 Å². The van der Waals surface area contributed by atoms with Crippen molar-refractivity contribution >= 4 is 11.4 Å². The third-order valence-electron chi connectivity index (χ3n) is 2.34. The summed E-state index contributed by atoms with van der Waals surface area (Å²) >= 11 is 0. The number of hydrogen-bond donors (Lipinski definition) is 0. The van der Waals surface area contributed by atoms with E-state index in [1.165, 1.54) is 0 Å². The number of hydrogen-bond acceptors (Lipinski definition) is 2. The Kier molecular flexibility index (Phi) is 4.35.